The molecule has 2 aromatic carbocycles. The van der Waals surface area contributed by atoms with Crippen LogP contribution in [0.1, 0.15) is 37.7 Å². The number of ketones is 1. The normalized spacial score (nSPS) is 12.7. The van der Waals surface area contributed by atoms with Crippen LogP contribution in [-0.4, -0.2) is 36.6 Å². The zero-order chi connectivity index (χ0) is 23.5. The number of nitriles is 1. The summed E-state index contributed by atoms with van der Waals surface area (Å²) >= 11 is 0. The van der Waals surface area contributed by atoms with E-state index in [1.165, 1.54) is 7.11 Å². The fourth-order valence-corrected chi connectivity index (χ4v) is 3.86. The van der Waals surface area contributed by atoms with Crippen LogP contribution < -0.4 is 9.47 Å². The Hall–Kier alpha value is -4.31. The monoisotopic (exact) mass is 442 g/mol. The van der Waals surface area contributed by atoms with Gasteiger partial charge in [0.15, 0.2) is 11.5 Å². The van der Waals surface area contributed by atoms with Gasteiger partial charge in [0.25, 0.3) is 0 Å². The first-order chi connectivity index (χ1) is 15.9. The highest BCUT2D eigenvalue weighted by atomic mass is 16.6. The SMILES string of the molecule is COC(=O)c1ccc(-n2c(C)cc(C(=O)/C(C#N)=C/c3ccc4c(c3)OCCO4)c2C)cc1. The predicted octanol–water partition coefficient (Wildman–Crippen LogP) is 4.44. The molecule has 3 aromatic rings. The summed E-state index contributed by atoms with van der Waals surface area (Å²) in [5.74, 6) is 0.456. The first kappa shape index (κ1) is 21.9. The second-order valence-electron chi connectivity index (χ2n) is 7.56. The van der Waals surface area contributed by atoms with Crippen molar-refractivity contribution in [3.63, 3.8) is 0 Å². The minimum Gasteiger partial charge on any atom is -0.486 e. The summed E-state index contributed by atoms with van der Waals surface area (Å²) in [6.45, 7) is 4.66. The first-order valence-electron chi connectivity index (χ1n) is 10.4. The van der Waals surface area contributed by atoms with Crippen molar-refractivity contribution in [3.8, 4) is 23.3 Å². The molecule has 0 unspecified atom stereocenters. The third-order valence-corrected chi connectivity index (χ3v) is 5.46. The van der Waals surface area contributed by atoms with Crippen molar-refractivity contribution < 1.29 is 23.8 Å². The number of ether oxygens (including phenoxy) is 3. The number of carbonyl (C=O) groups excluding carboxylic acids is 2. The van der Waals surface area contributed by atoms with Crippen molar-refractivity contribution in [1.82, 2.24) is 4.57 Å². The quantitative estimate of drug-likeness (QED) is 0.251. The van der Waals surface area contributed by atoms with E-state index in [9.17, 15) is 14.9 Å². The van der Waals surface area contributed by atoms with Gasteiger partial charge in [-0.2, -0.15) is 5.26 Å². The number of methoxy groups -OCH3 is 1. The van der Waals surface area contributed by atoms with E-state index in [4.69, 9.17) is 14.2 Å². The van der Waals surface area contributed by atoms with Crippen molar-refractivity contribution in [2.45, 2.75) is 13.8 Å². The molecule has 0 fully saturated rings. The Morgan fingerprint density at radius 3 is 2.39 bits per heavy atom. The minimum absolute atomic E-state index is 0.0213. The van der Waals surface area contributed by atoms with E-state index in [-0.39, 0.29) is 11.4 Å². The molecule has 0 N–H and O–H groups in total. The summed E-state index contributed by atoms with van der Waals surface area (Å²) in [5, 5.41) is 9.70. The number of nitrogens with zero attached hydrogens (tertiary/aromatic N) is 2. The molecule has 0 bridgehead atoms. The van der Waals surface area contributed by atoms with Crippen molar-refractivity contribution in [2.24, 2.45) is 0 Å². The molecule has 0 radical (unpaired) electrons. The lowest BCUT2D eigenvalue weighted by molar-refractivity contribution is 0.0600. The van der Waals surface area contributed by atoms with Gasteiger partial charge in [-0.1, -0.05) is 6.07 Å². The van der Waals surface area contributed by atoms with E-state index < -0.39 is 5.97 Å². The molecule has 0 amide bonds. The minimum atomic E-state index is -0.415. The fourth-order valence-electron chi connectivity index (χ4n) is 3.86. The highest BCUT2D eigenvalue weighted by Crippen LogP contribution is 2.32. The third kappa shape index (κ3) is 4.23. The number of aryl methyl sites for hydroxylation is 1. The number of benzene rings is 2. The van der Waals surface area contributed by atoms with E-state index in [0.717, 1.165) is 11.4 Å². The van der Waals surface area contributed by atoms with Crippen LogP contribution in [0.2, 0.25) is 0 Å². The maximum absolute atomic E-state index is 13.2. The molecule has 7 nitrogen and oxygen atoms in total. The van der Waals surface area contributed by atoms with E-state index in [1.807, 2.05) is 24.5 Å². The van der Waals surface area contributed by atoms with E-state index in [1.54, 1.807) is 54.6 Å². The molecule has 1 aliphatic rings. The van der Waals surface area contributed by atoms with Crippen LogP contribution in [0.3, 0.4) is 0 Å². The van der Waals surface area contributed by atoms with Gasteiger partial charge in [-0.05, 0) is 68.0 Å². The maximum atomic E-state index is 13.2. The Labute approximate surface area is 191 Å². The molecule has 7 heteroatoms. The topological polar surface area (TPSA) is 90.6 Å². The molecular formula is C26H22N2O5. The average Bonchev–Trinajstić information content (AvgIpc) is 3.15. The lowest BCUT2D eigenvalue weighted by atomic mass is 10.0. The van der Waals surface area contributed by atoms with Gasteiger partial charge in [0.05, 0.1) is 12.7 Å². The number of esters is 1. The number of Topliss-reactive ketones (excluding diaryl/α,β-unsaturated/α-hetero) is 1. The van der Waals surface area contributed by atoms with Gasteiger partial charge >= 0.3 is 5.97 Å². The van der Waals surface area contributed by atoms with Crippen molar-refractivity contribution >= 4 is 17.8 Å². The Balaban J connectivity index is 1.66. The molecule has 2 heterocycles. The molecule has 1 aromatic heterocycles. The van der Waals surface area contributed by atoms with Crippen molar-refractivity contribution in [3.05, 3.63) is 82.2 Å². The van der Waals surface area contributed by atoms with E-state index in [2.05, 4.69) is 0 Å². The Kier molecular flexibility index (Phi) is 6.01. The number of carbonyl (C=O) groups is 2. The van der Waals surface area contributed by atoms with Gasteiger partial charge in [0, 0.05) is 22.6 Å². The summed E-state index contributed by atoms with van der Waals surface area (Å²) in [7, 11) is 1.33. The molecule has 1 aliphatic heterocycles. The van der Waals surface area contributed by atoms with Crippen LogP contribution in [0.4, 0.5) is 0 Å². The zero-order valence-corrected chi connectivity index (χ0v) is 18.5. The molecule has 166 valence electrons. The summed E-state index contributed by atoms with van der Waals surface area (Å²) < 4.78 is 17.8. The average molecular weight is 442 g/mol. The van der Waals surface area contributed by atoms with E-state index >= 15 is 0 Å². The third-order valence-electron chi connectivity index (χ3n) is 5.46. The molecule has 33 heavy (non-hydrogen) atoms. The van der Waals surface area contributed by atoms with Crippen LogP contribution in [0, 0.1) is 25.2 Å². The summed E-state index contributed by atoms with van der Waals surface area (Å²) in [6.07, 6.45) is 1.55. The summed E-state index contributed by atoms with van der Waals surface area (Å²) in [6, 6.07) is 16.0. The van der Waals surface area contributed by atoms with Gasteiger partial charge in [-0.3, -0.25) is 4.79 Å². The second-order valence-corrected chi connectivity index (χ2v) is 7.56. The van der Waals surface area contributed by atoms with Gasteiger partial charge in [0.1, 0.15) is 24.9 Å². The van der Waals surface area contributed by atoms with Crippen LogP contribution >= 0.6 is 0 Å². The first-order valence-corrected chi connectivity index (χ1v) is 10.4. The van der Waals surface area contributed by atoms with E-state index in [0.29, 0.717) is 47.1 Å². The summed E-state index contributed by atoms with van der Waals surface area (Å²) in [5.41, 5.74) is 3.91. The molecule has 0 aliphatic carbocycles. The van der Waals surface area contributed by atoms with Crippen molar-refractivity contribution in [1.29, 1.82) is 5.26 Å². The summed E-state index contributed by atoms with van der Waals surface area (Å²) in [4.78, 5) is 24.9. The van der Waals surface area contributed by atoms with Gasteiger partial charge in [-0.15, -0.1) is 0 Å². The Morgan fingerprint density at radius 2 is 1.73 bits per heavy atom. The molecule has 0 atom stereocenters. The number of aromatic nitrogens is 1. The lowest BCUT2D eigenvalue weighted by Gasteiger charge is -2.18. The lowest BCUT2D eigenvalue weighted by Crippen LogP contribution is -2.15. The largest absolute Gasteiger partial charge is 0.486 e. The molecule has 0 spiro atoms. The number of fused-ring (bicyclic) bond motifs is 1. The number of allylic oxidation sites excluding steroid dienone is 1. The van der Waals surface area contributed by atoms with Gasteiger partial charge in [-0.25, -0.2) is 4.79 Å². The number of hydrogen-bond acceptors (Lipinski definition) is 6. The molecular weight excluding hydrogens is 420 g/mol. The Morgan fingerprint density at radius 1 is 1.03 bits per heavy atom. The standard InChI is InChI=1S/C26H22N2O5/c1-16-12-22(17(2)28(16)21-7-5-19(6-8-21)26(30)31-3)25(29)20(15-27)13-18-4-9-23-24(14-18)33-11-10-32-23/h4-9,12-14H,10-11H2,1-3H3/b20-13+. The molecule has 0 saturated heterocycles. The highest BCUT2D eigenvalue weighted by Gasteiger charge is 2.21. The Bertz CT molecular complexity index is 1310. The molecule has 0 saturated carbocycles. The van der Waals surface area contributed by atoms with Crippen LogP contribution in [0.25, 0.3) is 11.8 Å². The van der Waals surface area contributed by atoms with Gasteiger partial charge < -0.3 is 18.8 Å². The zero-order valence-electron chi connectivity index (χ0n) is 18.5. The number of hydrogen-bond donors (Lipinski definition) is 0. The van der Waals surface area contributed by atoms with Crippen LogP contribution in [-0.2, 0) is 4.74 Å². The van der Waals surface area contributed by atoms with Crippen LogP contribution in [0.5, 0.6) is 11.5 Å². The number of rotatable bonds is 5. The van der Waals surface area contributed by atoms with Crippen LogP contribution in [0.15, 0.2) is 54.1 Å². The highest BCUT2D eigenvalue weighted by molar-refractivity contribution is 6.14. The fraction of sp³-hybridized carbons (Fsp3) is 0.192. The maximum Gasteiger partial charge on any atom is 0.337 e. The van der Waals surface area contributed by atoms with Gasteiger partial charge in [0.2, 0.25) is 5.78 Å². The molecule has 4 rings (SSSR count). The predicted molar refractivity (Wildman–Crippen MR) is 122 cm³/mol. The van der Waals surface area contributed by atoms with Crippen molar-refractivity contribution in [2.75, 3.05) is 20.3 Å². The smallest absolute Gasteiger partial charge is 0.337 e. The second kappa shape index (κ2) is 9.05.